The molecule has 0 atom stereocenters. The second-order valence-corrected chi connectivity index (χ2v) is 5.90. The van der Waals surface area contributed by atoms with E-state index in [1.807, 2.05) is 18.3 Å². The van der Waals surface area contributed by atoms with E-state index in [0.29, 0.717) is 0 Å². The molecule has 2 aromatic heterocycles. The Morgan fingerprint density at radius 2 is 1.83 bits per heavy atom. The normalized spacial score (nSPS) is 11.3. The van der Waals surface area contributed by atoms with Gasteiger partial charge in [0.05, 0.1) is 11.9 Å². The van der Waals surface area contributed by atoms with Gasteiger partial charge in [-0.1, -0.05) is 6.07 Å². The van der Waals surface area contributed by atoms with Crippen molar-refractivity contribution in [3.63, 3.8) is 0 Å². The number of aryl methyl sites for hydroxylation is 3. The van der Waals surface area contributed by atoms with Gasteiger partial charge in [-0.2, -0.15) is 0 Å². The number of benzene rings is 1. The maximum atomic E-state index is 4.52. The molecule has 3 rings (SSSR count). The number of hydrogen-bond donors (Lipinski definition) is 0. The molecule has 0 radical (unpaired) electrons. The Balaban J connectivity index is 1.99. The van der Waals surface area contributed by atoms with Crippen LogP contribution in [0.2, 0.25) is 0 Å². The first-order chi connectivity index (χ1) is 11.1. The highest BCUT2D eigenvalue weighted by molar-refractivity contribution is 5.84. The average Bonchev–Trinajstić information content (AvgIpc) is 2.83. The number of rotatable bonds is 3. The first kappa shape index (κ1) is 15.2. The minimum absolute atomic E-state index is 0.864. The number of hydrogen-bond acceptors (Lipinski definition) is 2. The predicted molar refractivity (Wildman–Crippen MR) is 96.2 cm³/mol. The van der Waals surface area contributed by atoms with Crippen molar-refractivity contribution in [2.45, 2.75) is 27.7 Å². The molecule has 0 saturated heterocycles. The van der Waals surface area contributed by atoms with Gasteiger partial charge in [-0.25, -0.2) is 0 Å². The molecular weight excluding hydrogens is 282 g/mol. The van der Waals surface area contributed by atoms with E-state index in [-0.39, 0.29) is 0 Å². The van der Waals surface area contributed by atoms with E-state index in [1.165, 1.54) is 28.2 Å². The van der Waals surface area contributed by atoms with Gasteiger partial charge in [-0.3, -0.25) is 9.98 Å². The first-order valence-electron chi connectivity index (χ1n) is 7.77. The average molecular weight is 303 g/mol. The third-order valence-electron chi connectivity index (χ3n) is 4.22. The van der Waals surface area contributed by atoms with Crippen molar-refractivity contribution in [3.05, 3.63) is 76.9 Å². The summed E-state index contributed by atoms with van der Waals surface area (Å²) < 4.78 is 2.27. The predicted octanol–water partition coefficient (Wildman–Crippen LogP) is 4.86. The zero-order valence-corrected chi connectivity index (χ0v) is 14.0. The highest BCUT2D eigenvalue weighted by Crippen LogP contribution is 2.22. The lowest BCUT2D eigenvalue weighted by molar-refractivity contribution is 0.961. The Labute approximate surface area is 137 Å². The molecule has 23 heavy (non-hydrogen) atoms. The van der Waals surface area contributed by atoms with Crippen LogP contribution in [0.15, 0.2) is 53.8 Å². The Bertz CT molecular complexity index is 858. The van der Waals surface area contributed by atoms with Crippen LogP contribution in [-0.2, 0) is 0 Å². The standard InChI is InChI=1S/C20H21N3/c1-14-7-8-20(10-15(14)2)23-16(3)11-18(17(23)4)12-22-19-6-5-9-21-13-19/h5-13H,1-4H3. The van der Waals surface area contributed by atoms with Gasteiger partial charge in [0.2, 0.25) is 0 Å². The molecule has 0 spiro atoms. The van der Waals surface area contributed by atoms with Crippen LogP contribution >= 0.6 is 0 Å². The van der Waals surface area contributed by atoms with E-state index in [9.17, 15) is 0 Å². The SMILES string of the molecule is Cc1ccc(-n2c(C)cc(C=Nc3cccnc3)c2C)cc1C. The number of aromatic nitrogens is 2. The second kappa shape index (κ2) is 6.21. The molecule has 3 nitrogen and oxygen atoms in total. The Hall–Kier alpha value is -2.68. The monoisotopic (exact) mass is 303 g/mol. The highest BCUT2D eigenvalue weighted by Gasteiger charge is 2.10. The maximum Gasteiger partial charge on any atom is 0.0813 e. The molecule has 1 aromatic carbocycles. The molecule has 0 fully saturated rings. The summed E-state index contributed by atoms with van der Waals surface area (Å²) in [6.07, 6.45) is 5.43. The lowest BCUT2D eigenvalue weighted by Gasteiger charge is -2.11. The molecule has 0 saturated carbocycles. The summed E-state index contributed by atoms with van der Waals surface area (Å²) in [5.74, 6) is 0. The van der Waals surface area contributed by atoms with Crippen molar-refractivity contribution in [1.82, 2.24) is 9.55 Å². The van der Waals surface area contributed by atoms with Gasteiger partial charge < -0.3 is 4.57 Å². The Kier molecular flexibility index (Phi) is 4.11. The molecule has 0 aliphatic carbocycles. The summed E-state index contributed by atoms with van der Waals surface area (Å²) in [5.41, 5.74) is 8.21. The van der Waals surface area contributed by atoms with E-state index >= 15 is 0 Å². The van der Waals surface area contributed by atoms with Gasteiger partial charge in [0, 0.05) is 35.1 Å². The van der Waals surface area contributed by atoms with Gasteiger partial charge in [0.25, 0.3) is 0 Å². The van der Waals surface area contributed by atoms with Gasteiger partial charge >= 0.3 is 0 Å². The first-order valence-corrected chi connectivity index (χ1v) is 7.77. The van der Waals surface area contributed by atoms with E-state index in [4.69, 9.17) is 0 Å². The van der Waals surface area contributed by atoms with Crippen LogP contribution in [0.5, 0.6) is 0 Å². The van der Waals surface area contributed by atoms with Crippen LogP contribution in [0.25, 0.3) is 5.69 Å². The van der Waals surface area contributed by atoms with E-state index < -0.39 is 0 Å². The van der Waals surface area contributed by atoms with Crippen molar-refractivity contribution < 1.29 is 0 Å². The lowest BCUT2D eigenvalue weighted by atomic mass is 10.1. The van der Waals surface area contributed by atoms with Gasteiger partial charge in [0.1, 0.15) is 0 Å². The number of nitrogens with zero attached hydrogens (tertiary/aromatic N) is 3. The Morgan fingerprint density at radius 1 is 1.00 bits per heavy atom. The van der Waals surface area contributed by atoms with Crippen molar-refractivity contribution in [2.24, 2.45) is 4.99 Å². The summed E-state index contributed by atoms with van der Waals surface area (Å²) >= 11 is 0. The molecule has 0 aliphatic rings. The smallest absolute Gasteiger partial charge is 0.0813 e. The highest BCUT2D eigenvalue weighted by atomic mass is 15.0. The third-order valence-corrected chi connectivity index (χ3v) is 4.22. The van der Waals surface area contributed by atoms with Crippen LogP contribution in [-0.4, -0.2) is 15.8 Å². The van der Waals surface area contributed by atoms with Crippen LogP contribution in [0.4, 0.5) is 5.69 Å². The number of aliphatic imine (C=N–C) groups is 1. The molecule has 0 N–H and O–H groups in total. The van der Waals surface area contributed by atoms with E-state index in [0.717, 1.165) is 11.3 Å². The summed E-state index contributed by atoms with van der Waals surface area (Å²) in [6.45, 7) is 8.55. The molecule has 2 heterocycles. The molecule has 3 heteroatoms. The molecular formula is C20H21N3. The zero-order valence-electron chi connectivity index (χ0n) is 14.0. The van der Waals surface area contributed by atoms with Crippen molar-refractivity contribution >= 4 is 11.9 Å². The van der Waals surface area contributed by atoms with Crippen LogP contribution in [0.1, 0.15) is 28.1 Å². The molecule has 0 amide bonds. The topological polar surface area (TPSA) is 30.2 Å². The summed E-state index contributed by atoms with van der Waals surface area (Å²) in [7, 11) is 0. The van der Waals surface area contributed by atoms with Crippen LogP contribution in [0, 0.1) is 27.7 Å². The largest absolute Gasteiger partial charge is 0.318 e. The minimum atomic E-state index is 0.864. The van der Waals surface area contributed by atoms with Crippen LogP contribution < -0.4 is 0 Å². The molecule has 0 bridgehead atoms. The van der Waals surface area contributed by atoms with Gasteiger partial charge in [0.15, 0.2) is 0 Å². The fourth-order valence-electron chi connectivity index (χ4n) is 2.75. The zero-order chi connectivity index (χ0) is 16.4. The second-order valence-electron chi connectivity index (χ2n) is 5.90. The quantitative estimate of drug-likeness (QED) is 0.636. The Morgan fingerprint density at radius 3 is 2.52 bits per heavy atom. The van der Waals surface area contributed by atoms with Crippen molar-refractivity contribution in [3.8, 4) is 5.69 Å². The fraction of sp³-hybridized carbons (Fsp3) is 0.200. The summed E-state index contributed by atoms with van der Waals surface area (Å²) in [5, 5.41) is 0. The third kappa shape index (κ3) is 3.09. The maximum absolute atomic E-state index is 4.52. The molecule has 3 aromatic rings. The summed E-state index contributed by atoms with van der Waals surface area (Å²) in [4.78, 5) is 8.60. The molecule has 116 valence electrons. The molecule has 0 aliphatic heterocycles. The van der Waals surface area contributed by atoms with Crippen molar-refractivity contribution in [2.75, 3.05) is 0 Å². The number of pyridine rings is 1. The van der Waals surface area contributed by atoms with Crippen molar-refractivity contribution in [1.29, 1.82) is 0 Å². The summed E-state index contributed by atoms with van der Waals surface area (Å²) in [6, 6.07) is 12.6. The van der Waals surface area contributed by atoms with Gasteiger partial charge in [-0.05, 0) is 69.2 Å². The van der Waals surface area contributed by atoms with Gasteiger partial charge in [-0.15, -0.1) is 0 Å². The molecule has 0 unspecified atom stereocenters. The van der Waals surface area contributed by atoms with E-state index in [2.05, 4.69) is 66.5 Å². The minimum Gasteiger partial charge on any atom is -0.318 e. The fourth-order valence-corrected chi connectivity index (χ4v) is 2.75. The lowest BCUT2D eigenvalue weighted by Crippen LogP contribution is -2.00. The van der Waals surface area contributed by atoms with E-state index in [1.54, 1.807) is 12.4 Å². The van der Waals surface area contributed by atoms with Crippen LogP contribution in [0.3, 0.4) is 0 Å².